The fraction of sp³-hybridized carbons (Fsp3) is 0.115. The summed E-state index contributed by atoms with van der Waals surface area (Å²) in [4.78, 5) is 21.6. The summed E-state index contributed by atoms with van der Waals surface area (Å²) in [6.07, 6.45) is -0.704. The minimum Gasteiger partial charge on any atom is -0.497 e. The fourth-order valence-corrected chi connectivity index (χ4v) is 4.17. The molecule has 0 N–H and O–H groups in total. The normalized spacial score (nSPS) is 11.7. The lowest BCUT2D eigenvalue weighted by atomic mass is 10.0. The van der Waals surface area contributed by atoms with E-state index in [-0.39, 0.29) is 29.1 Å². The fourth-order valence-electron chi connectivity index (χ4n) is 4.05. The van der Waals surface area contributed by atoms with Gasteiger partial charge in [-0.25, -0.2) is 4.98 Å². The highest BCUT2D eigenvalue weighted by Crippen LogP contribution is 2.41. The highest BCUT2D eigenvalue weighted by molar-refractivity contribution is 6.30. The SMILES string of the molecule is COc1ccc2c(c1)c(C(=O)c1cnc(-c3cccnc3)o1)c(C(F)(F)F)n2Cc1ccc(Cl)cc1. The summed E-state index contributed by atoms with van der Waals surface area (Å²) in [5.74, 6) is -0.893. The summed E-state index contributed by atoms with van der Waals surface area (Å²) in [7, 11) is 1.40. The lowest BCUT2D eigenvalue weighted by Gasteiger charge is -2.15. The first-order valence-corrected chi connectivity index (χ1v) is 11.1. The summed E-state index contributed by atoms with van der Waals surface area (Å²) >= 11 is 5.94. The minimum atomic E-state index is -4.85. The molecule has 0 amide bonds. The van der Waals surface area contributed by atoms with E-state index >= 15 is 0 Å². The topological polar surface area (TPSA) is 70.2 Å². The largest absolute Gasteiger partial charge is 0.497 e. The number of nitrogens with zero attached hydrogens (tertiary/aromatic N) is 3. The van der Waals surface area contributed by atoms with E-state index < -0.39 is 23.2 Å². The first kappa shape index (κ1) is 23.6. The molecule has 0 bridgehead atoms. The molecule has 0 unspecified atom stereocenters. The molecule has 10 heteroatoms. The minimum absolute atomic E-state index is 0.0718. The molecule has 0 aliphatic carbocycles. The van der Waals surface area contributed by atoms with Crippen molar-refractivity contribution in [3.8, 4) is 17.2 Å². The van der Waals surface area contributed by atoms with Crippen LogP contribution in [-0.2, 0) is 12.7 Å². The third kappa shape index (κ3) is 4.33. The Kier molecular flexibility index (Phi) is 6.01. The second-order valence-electron chi connectivity index (χ2n) is 7.92. The van der Waals surface area contributed by atoms with E-state index in [9.17, 15) is 18.0 Å². The number of oxazole rings is 1. The number of fused-ring (bicyclic) bond motifs is 1. The zero-order valence-electron chi connectivity index (χ0n) is 18.7. The highest BCUT2D eigenvalue weighted by atomic mass is 35.5. The van der Waals surface area contributed by atoms with E-state index in [1.165, 1.54) is 25.4 Å². The van der Waals surface area contributed by atoms with Gasteiger partial charge < -0.3 is 13.7 Å². The smallest absolute Gasteiger partial charge is 0.432 e. The molecule has 0 saturated heterocycles. The number of benzene rings is 2. The highest BCUT2D eigenvalue weighted by Gasteiger charge is 2.42. The predicted octanol–water partition coefficient (Wildman–Crippen LogP) is 6.65. The van der Waals surface area contributed by atoms with Gasteiger partial charge in [0.15, 0.2) is 5.76 Å². The monoisotopic (exact) mass is 511 g/mol. The molecule has 0 saturated carbocycles. The van der Waals surface area contributed by atoms with Crippen LogP contribution in [0.5, 0.6) is 5.75 Å². The molecule has 5 rings (SSSR count). The molecule has 182 valence electrons. The van der Waals surface area contributed by atoms with Gasteiger partial charge in [0.2, 0.25) is 11.7 Å². The second-order valence-corrected chi connectivity index (χ2v) is 8.35. The average Bonchev–Trinajstić information content (AvgIpc) is 3.49. The van der Waals surface area contributed by atoms with E-state index in [1.807, 2.05) is 0 Å². The van der Waals surface area contributed by atoms with Gasteiger partial charge in [-0.2, -0.15) is 13.2 Å². The zero-order valence-corrected chi connectivity index (χ0v) is 19.5. The van der Waals surface area contributed by atoms with Crippen LogP contribution in [0.2, 0.25) is 5.02 Å². The number of hydrogen-bond donors (Lipinski definition) is 0. The van der Waals surface area contributed by atoms with Gasteiger partial charge in [0, 0.05) is 34.9 Å². The van der Waals surface area contributed by atoms with Gasteiger partial charge in [0.05, 0.1) is 24.4 Å². The van der Waals surface area contributed by atoms with Gasteiger partial charge in [0.25, 0.3) is 0 Å². The zero-order chi connectivity index (χ0) is 25.4. The van der Waals surface area contributed by atoms with Crippen LogP contribution >= 0.6 is 11.6 Å². The molecule has 0 radical (unpaired) electrons. The van der Waals surface area contributed by atoms with Crippen molar-refractivity contribution >= 4 is 28.3 Å². The predicted molar refractivity (Wildman–Crippen MR) is 127 cm³/mol. The lowest BCUT2D eigenvalue weighted by molar-refractivity contribution is -0.143. The van der Waals surface area contributed by atoms with Gasteiger partial charge in [-0.05, 0) is 48.0 Å². The Morgan fingerprint density at radius 3 is 2.56 bits per heavy atom. The lowest BCUT2D eigenvalue weighted by Crippen LogP contribution is -2.18. The van der Waals surface area contributed by atoms with Crippen LogP contribution in [0.25, 0.3) is 22.4 Å². The molecule has 3 aromatic heterocycles. The van der Waals surface area contributed by atoms with Gasteiger partial charge in [-0.3, -0.25) is 9.78 Å². The number of ketones is 1. The number of hydrogen-bond acceptors (Lipinski definition) is 5. The number of halogens is 4. The van der Waals surface area contributed by atoms with Crippen molar-refractivity contribution in [3.05, 3.63) is 101 Å². The number of methoxy groups -OCH3 is 1. The van der Waals surface area contributed by atoms with E-state index in [1.54, 1.807) is 48.7 Å². The number of aromatic nitrogens is 3. The van der Waals surface area contributed by atoms with Gasteiger partial charge in [0.1, 0.15) is 11.4 Å². The number of alkyl halides is 3. The quantitative estimate of drug-likeness (QED) is 0.239. The van der Waals surface area contributed by atoms with E-state index in [2.05, 4.69) is 9.97 Å². The van der Waals surface area contributed by atoms with Crippen molar-refractivity contribution in [1.29, 1.82) is 0 Å². The maximum atomic E-state index is 14.6. The van der Waals surface area contributed by atoms with Crippen LogP contribution in [0.3, 0.4) is 0 Å². The standard InChI is InChI=1S/C26H17ClF3N3O3/c1-35-18-8-9-20-19(11-18)22(23(34)21-13-32-25(36-21)16-3-2-10-31-12-16)24(26(28,29)30)33(20)14-15-4-6-17(27)7-5-15/h2-13H,14H2,1H3. The van der Waals surface area contributed by atoms with Crippen molar-refractivity contribution in [2.45, 2.75) is 12.7 Å². The van der Waals surface area contributed by atoms with Gasteiger partial charge >= 0.3 is 6.18 Å². The van der Waals surface area contributed by atoms with E-state index in [4.69, 9.17) is 20.8 Å². The molecular formula is C26H17ClF3N3O3. The summed E-state index contributed by atoms with van der Waals surface area (Å²) < 4.78 is 55.6. The maximum Gasteiger partial charge on any atom is 0.432 e. The van der Waals surface area contributed by atoms with Crippen molar-refractivity contribution < 1.29 is 27.1 Å². The average molecular weight is 512 g/mol. The van der Waals surface area contributed by atoms with Crippen LogP contribution in [0.1, 0.15) is 27.4 Å². The first-order valence-electron chi connectivity index (χ1n) is 10.7. The Morgan fingerprint density at radius 2 is 1.89 bits per heavy atom. The number of carbonyl (C=O) groups excluding carboxylic acids is 1. The number of pyridine rings is 1. The first-order chi connectivity index (χ1) is 17.3. The van der Waals surface area contributed by atoms with Crippen LogP contribution in [0, 0.1) is 0 Å². The van der Waals surface area contributed by atoms with Crippen LogP contribution in [0.15, 0.2) is 77.6 Å². The summed E-state index contributed by atoms with van der Waals surface area (Å²) in [6, 6.07) is 14.2. The van der Waals surface area contributed by atoms with Gasteiger partial charge in [-0.1, -0.05) is 23.7 Å². The Bertz CT molecular complexity index is 1560. The molecular weight excluding hydrogens is 495 g/mol. The number of rotatable bonds is 6. The molecule has 0 spiro atoms. The van der Waals surface area contributed by atoms with Crippen molar-refractivity contribution in [1.82, 2.24) is 14.5 Å². The summed E-state index contributed by atoms with van der Waals surface area (Å²) in [5, 5.41) is 0.544. The van der Waals surface area contributed by atoms with Crippen molar-refractivity contribution in [2.24, 2.45) is 0 Å². The summed E-state index contributed by atoms with van der Waals surface area (Å²) in [6.45, 7) is -0.139. The Morgan fingerprint density at radius 1 is 1.11 bits per heavy atom. The van der Waals surface area contributed by atoms with Gasteiger partial charge in [-0.15, -0.1) is 0 Å². The summed E-state index contributed by atoms with van der Waals surface area (Å²) in [5.41, 5.74) is -0.354. The maximum absolute atomic E-state index is 14.6. The van der Waals surface area contributed by atoms with Crippen LogP contribution in [-0.4, -0.2) is 27.4 Å². The molecule has 5 aromatic rings. The molecule has 36 heavy (non-hydrogen) atoms. The Hall–Kier alpha value is -4.11. The Labute approximate surface area is 207 Å². The third-order valence-electron chi connectivity index (χ3n) is 5.66. The molecule has 2 aromatic carbocycles. The molecule has 6 nitrogen and oxygen atoms in total. The van der Waals surface area contributed by atoms with E-state index in [0.717, 1.165) is 10.8 Å². The number of carbonyl (C=O) groups is 1. The Balaban J connectivity index is 1.71. The number of ether oxygens (including phenoxy) is 1. The van der Waals surface area contributed by atoms with Crippen LogP contribution < -0.4 is 4.74 Å². The molecule has 0 aliphatic rings. The molecule has 0 aliphatic heterocycles. The molecule has 0 atom stereocenters. The van der Waals surface area contributed by atoms with Crippen molar-refractivity contribution in [2.75, 3.05) is 7.11 Å². The van der Waals surface area contributed by atoms with Crippen LogP contribution in [0.4, 0.5) is 13.2 Å². The third-order valence-corrected chi connectivity index (χ3v) is 5.91. The molecule has 3 heterocycles. The van der Waals surface area contributed by atoms with E-state index in [0.29, 0.717) is 21.9 Å². The second kappa shape index (κ2) is 9.16. The molecule has 0 fully saturated rings. The van der Waals surface area contributed by atoms with Crippen molar-refractivity contribution in [3.63, 3.8) is 0 Å².